The first kappa shape index (κ1) is 32.9. The van der Waals surface area contributed by atoms with Gasteiger partial charge in [-0.1, -0.05) is 18.2 Å². The van der Waals surface area contributed by atoms with Gasteiger partial charge in [-0.05, 0) is 97.3 Å². The van der Waals surface area contributed by atoms with Crippen molar-refractivity contribution in [2.75, 3.05) is 40.5 Å². The van der Waals surface area contributed by atoms with Crippen LogP contribution in [0.15, 0.2) is 102 Å². The van der Waals surface area contributed by atoms with Crippen molar-refractivity contribution in [1.82, 2.24) is 4.90 Å². The Labute approximate surface area is 268 Å². The average molecular weight is 667 g/mol. The molecule has 0 radical (unpaired) electrons. The molecular weight excluding hydrogens is 632 g/mol. The van der Waals surface area contributed by atoms with Crippen LogP contribution >= 0.6 is 0 Å². The molecule has 10 nitrogen and oxygen atoms in total. The lowest BCUT2D eigenvalue weighted by atomic mass is 10.0. The molecule has 0 aliphatic carbocycles. The number of halogens is 1. The molecule has 2 N–H and O–H groups in total. The van der Waals surface area contributed by atoms with Crippen LogP contribution in [0.1, 0.15) is 18.4 Å². The summed E-state index contributed by atoms with van der Waals surface area (Å²) < 4.78 is 69.1. The number of hydrogen-bond acceptors (Lipinski definition) is 7. The molecule has 0 unspecified atom stereocenters. The molecule has 4 aromatic rings. The van der Waals surface area contributed by atoms with Gasteiger partial charge in [-0.25, -0.2) is 26.0 Å². The van der Waals surface area contributed by atoms with Gasteiger partial charge >= 0.3 is 6.03 Å². The molecule has 0 saturated carbocycles. The second-order valence-corrected chi connectivity index (χ2v) is 15.0. The van der Waals surface area contributed by atoms with E-state index in [1.54, 1.807) is 41.3 Å². The molecule has 0 spiro atoms. The summed E-state index contributed by atoms with van der Waals surface area (Å²) in [5.74, 6) is 0.802. The van der Waals surface area contributed by atoms with Gasteiger partial charge in [0, 0.05) is 49.0 Å². The van der Waals surface area contributed by atoms with Crippen LogP contribution in [0.2, 0.25) is 0 Å². The first-order valence-electron chi connectivity index (χ1n) is 14.6. The fourth-order valence-electron chi connectivity index (χ4n) is 5.27. The average Bonchev–Trinajstić information content (AvgIpc) is 3.00. The summed E-state index contributed by atoms with van der Waals surface area (Å²) >= 11 is 0. The van der Waals surface area contributed by atoms with Gasteiger partial charge in [-0.2, -0.15) is 0 Å². The third-order valence-electron chi connectivity index (χ3n) is 7.48. The van der Waals surface area contributed by atoms with Crippen LogP contribution in [0.25, 0.3) is 0 Å². The lowest BCUT2D eigenvalue weighted by Gasteiger charge is -2.38. The normalized spacial score (nSPS) is 14.4. The third-order valence-corrected chi connectivity index (χ3v) is 9.20. The van der Waals surface area contributed by atoms with E-state index in [0.717, 1.165) is 18.1 Å². The van der Waals surface area contributed by atoms with Crippen LogP contribution in [-0.2, 0) is 26.4 Å². The van der Waals surface area contributed by atoms with Crippen molar-refractivity contribution in [1.29, 1.82) is 0 Å². The molecule has 2 amide bonds. The zero-order valence-electron chi connectivity index (χ0n) is 25.4. The van der Waals surface area contributed by atoms with E-state index in [1.807, 2.05) is 24.3 Å². The largest absolute Gasteiger partial charge is 0.457 e. The van der Waals surface area contributed by atoms with Crippen LogP contribution in [0, 0.1) is 5.82 Å². The number of carbonyl (C=O) groups excluding carboxylic acids is 1. The van der Waals surface area contributed by atoms with Crippen molar-refractivity contribution in [3.63, 3.8) is 0 Å². The van der Waals surface area contributed by atoms with E-state index in [4.69, 9.17) is 4.74 Å². The molecule has 13 heteroatoms. The van der Waals surface area contributed by atoms with Gasteiger partial charge in [0.05, 0.1) is 11.2 Å². The first-order valence-corrected chi connectivity index (χ1v) is 18.3. The van der Waals surface area contributed by atoms with Gasteiger partial charge in [0.1, 0.15) is 17.3 Å². The summed E-state index contributed by atoms with van der Waals surface area (Å²) in [5, 5.41) is 2.83. The van der Waals surface area contributed by atoms with E-state index in [-0.39, 0.29) is 10.9 Å². The Kier molecular flexibility index (Phi) is 9.94. The highest BCUT2D eigenvalue weighted by atomic mass is 32.2. The second kappa shape index (κ2) is 13.9. The molecular formula is C33H35FN4O6S2. The first-order chi connectivity index (χ1) is 21.8. The maximum absolute atomic E-state index is 13.6. The summed E-state index contributed by atoms with van der Waals surface area (Å²) in [7, 11) is -6.85. The van der Waals surface area contributed by atoms with Crippen LogP contribution in [0.3, 0.4) is 0 Å². The number of piperidine rings is 1. The number of benzene rings is 4. The highest BCUT2D eigenvalue weighted by Gasteiger charge is 2.30. The molecule has 0 atom stereocenters. The number of nitrogens with one attached hydrogen (secondary N) is 2. The maximum atomic E-state index is 13.6. The minimum Gasteiger partial charge on any atom is -0.457 e. The van der Waals surface area contributed by atoms with E-state index < -0.39 is 31.7 Å². The minimum absolute atomic E-state index is 0.121. The molecule has 1 heterocycles. The van der Waals surface area contributed by atoms with Crippen molar-refractivity contribution in [3.05, 3.63) is 108 Å². The number of hydrogen-bond donors (Lipinski definition) is 2. The highest BCUT2D eigenvalue weighted by Crippen LogP contribution is 2.29. The van der Waals surface area contributed by atoms with Gasteiger partial charge < -0.3 is 10.1 Å². The second-order valence-electron chi connectivity index (χ2n) is 11.2. The molecule has 242 valence electrons. The third kappa shape index (κ3) is 9.05. The smallest absolute Gasteiger partial charge is 0.326 e. The lowest BCUT2D eigenvalue weighted by molar-refractivity contribution is 0.199. The Balaban J connectivity index is 1.22. The summed E-state index contributed by atoms with van der Waals surface area (Å²) in [5.41, 5.74) is 2.44. The highest BCUT2D eigenvalue weighted by molar-refractivity contribution is 7.92. The summed E-state index contributed by atoms with van der Waals surface area (Å²) in [6, 6.07) is 25.6. The lowest BCUT2D eigenvalue weighted by Crippen LogP contribution is -2.49. The number of carbonyl (C=O) groups is 1. The Morgan fingerprint density at radius 1 is 0.848 bits per heavy atom. The van der Waals surface area contributed by atoms with Crippen molar-refractivity contribution in [2.24, 2.45) is 0 Å². The number of ether oxygens (including phenoxy) is 1. The number of sulfone groups is 1. The predicted octanol–water partition coefficient (Wildman–Crippen LogP) is 6.10. The Morgan fingerprint density at radius 2 is 1.43 bits per heavy atom. The van der Waals surface area contributed by atoms with Crippen LogP contribution < -0.4 is 19.7 Å². The van der Waals surface area contributed by atoms with Gasteiger partial charge in [-0.15, -0.1) is 0 Å². The minimum atomic E-state index is -3.49. The van der Waals surface area contributed by atoms with Crippen molar-refractivity contribution in [3.8, 4) is 11.5 Å². The zero-order chi connectivity index (χ0) is 32.9. The molecule has 1 aliphatic rings. The predicted molar refractivity (Wildman–Crippen MR) is 177 cm³/mol. The number of urea groups is 1. The maximum Gasteiger partial charge on any atom is 0.326 e. The van der Waals surface area contributed by atoms with E-state index in [1.165, 1.54) is 36.4 Å². The van der Waals surface area contributed by atoms with Gasteiger partial charge in [0.2, 0.25) is 10.0 Å². The fourth-order valence-corrected chi connectivity index (χ4v) is 6.50. The summed E-state index contributed by atoms with van der Waals surface area (Å²) in [6.07, 6.45) is 3.54. The van der Waals surface area contributed by atoms with Crippen LogP contribution in [-0.4, -0.2) is 59.4 Å². The van der Waals surface area contributed by atoms with Crippen LogP contribution in [0.4, 0.5) is 26.2 Å². The molecule has 1 fully saturated rings. The van der Waals surface area contributed by atoms with Gasteiger partial charge in [-0.3, -0.25) is 14.5 Å². The quantitative estimate of drug-likeness (QED) is 0.210. The summed E-state index contributed by atoms with van der Waals surface area (Å²) in [6.45, 7) is 2.12. The van der Waals surface area contributed by atoms with Crippen molar-refractivity contribution >= 4 is 43.0 Å². The number of amides is 2. The van der Waals surface area contributed by atoms with Gasteiger partial charge in [0.25, 0.3) is 0 Å². The Hall–Kier alpha value is -4.46. The number of nitrogens with zero attached hydrogens (tertiary/aromatic N) is 2. The molecule has 0 aromatic heterocycles. The zero-order valence-corrected chi connectivity index (χ0v) is 27.0. The van der Waals surface area contributed by atoms with E-state index >= 15 is 0 Å². The molecule has 0 bridgehead atoms. The molecule has 46 heavy (non-hydrogen) atoms. The number of likely N-dealkylation sites (tertiary alicyclic amines) is 1. The van der Waals surface area contributed by atoms with E-state index in [2.05, 4.69) is 14.9 Å². The molecule has 4 aromatic carbocycles. The monoisotopic (exact) mass is 666 g/mol. The Morgan fingerprint density at radius 3 is 2.02 bits per heavy atom. The molecule has 1 saturated heterocycles. The SMILES string of the molecule is CS(=O)(=O)Nc1ccc(Oc2ccc(CN3CCC(N(C(=O)Nc4ccc(F)cc4)c4cccc(S(C)(=O)=O)c4)CC3)cc2)cc1. The van der Waals surface area contributed by atoms with E-state index in [9.17, 15) is 26.0 Å². The van der Waals surface area contributed by atoms with E-state index in [0.29, 0.717) is 61.0 Å². The number of rotatable bonds is 10. The number of sulfonamides is 1. The molecule has 1 aliphatic heterocycles. The number of anilines is 3. The molecule has 5 rings (SSSR count). The standard InChI is InChI=1S/C33H35FN4O6S2/c1-45(40,41)32-5-3-4-29(22-32)38(33(39)35-26-10-8-25(34)9-11-26)28-18-20-37(21-19-28)23-24-6-14-30(15-7-24)44-31-16-12-27(13-17-31)36-46(2,42)43/h3-17,22,28,36H,18-21,23H2,1-2H3,(H,35,39). The van der Waals surface area contributed by atoms with Crippen LogP contribution in [0.5, 0.6) is 11.5 Å². The van der Waals surface area contributed by atoms with Gasteiger partial charge in [0.15, 0.2) is 9.84 Å². The van der Waals surface area contributed by atoms with Crippen molar-refractivity contribution < 1.29 is 30.8 Å². The van der Waals surface area contributed by atoms with Crippen molar-refractivity contribution in [2.45, 2.75) is 30.3 Å². The fraction of sp³-hybridized carbons (Fsp3) is 0.242. The Bertz CT molecular complexity index is 1880. The summed E-state index contributed by atoms with van der Waals surface area (Å²) in [4.78, 5) is 17.6. The topological polar surface area (TPSA) is 125 Å².